The lowest BCUT2D eigenvalue weighted by molar-refractivity contribution is -0.0677. The summed E-state index contributed by atoms with van der Waals surface area (Å²) in [7, 11) is 0. The second kappa shape index (κ2) is 3.47. The van der Waals surface area contributed by atoms with Crippen molar-refractivity contribution >= 4 is 0 Å². The van der Waals surface area contributed by atoms with Crippen molar-refractivity contribution in [3.05, 3.63) is 0 Å². The van der Waals surface area contributed by atoms with Crippen molar-refractivity contribution in [3.63, 3.8) is 0 Å². The summed E-state index contributed by atoms with van der Waals surface area (Å²) >= 11 is 0. The van der Waals surface area contributed by atoms with E-state index < -0.39 is 11.0 Å². The van der Waals surface area contributed by atoms with Crippen LogP contribution in [0.5, 0.6) is 0 Å². The van der Waals surface area contributed by atoms with E-state index in [0.717, 1.165) is 38.8 Å². The molecule has 3 nitrogen and oxygen atoms in total. The summed E-state index contributed by atoms with van der Waals surface area (Å²) in [5.41, 5.74) is -1.37. The largest absolute Gasteiger partial charge is 0.387 e. The van der Waals surface area contributed by atoms with Gasteiger partial charge in [0.1, 0.15) is 0 Å². The van der Waals surface area contributed by atoms with Gasteiger partial charge in [0, 0.05) is 12.6 Å². The summed E-state index contributed by atoms with van der Waals surface area (Å²) in [6.07, 6.45) is 3.70. The Morgan fingerprint density at radius 3 is 2.93 bits per heavy atom. The monoisotopic (exact) mass is 208 g/mol. The number of nitriles is 1. The highest BCUT2D eigenvalue weighted by atomic mass is 16.3. The van der Waals surface area contributed by atoms with Crippen LogP contribution < -0.4 is 0 Å². The van der Waals surface area contributed by atoms with E-state index in [9.17, 15) is 10.4 Å². The summed E-state index contributed by atoms with van der Waals surface area (Å²) in [5.74, 6) is 0. The van der Waals surface area contributed by atoms with Crippen molar-refractivity contribution in [1.82, 2.24) is 4.90 Å². The summed E-state index contributed by atoms with van der Waals surface area (Å²) in [6.45, 7) is 5.96. The fourth-order valence-electron chi connectivity index (χ4n) is 3.24. The molecule has 0 radical (unpaired) electrons. The van der Waals surface area contributed by atoms with Crippen LogP contribution in [0.4, 0.5) is 0 Å². The second-order valence-electron chi connectivity index (χ2n) is 5.17. The highest BCUT2D eigenvalue weighted by Crippen LogP contribution is 2.47. The van der Waals surface area contributed by atoms with Crippen molar-refractivity contribution < 1.29 is 5.11 Å². The first-order valence-electron chi connectivity index (χ1n) is 5.95. The summed E-state index contributed by atoms with van der Waals surface area (Å²) in [5, 5.41) is 20.1. The van der Waals surface area contributed by atoms with Crippen LogP contribution >= 0.6 is 0 Å². The van der Waals surface area contributed by atoms with E-state index in [2.05, 4.69) is 11.0 Å². The van der Waals surface area contributed by atoms with Crippen molar-refractivity contribution in [2.45, 2.75) is 51.2 Å². The molecule has 84 valence electrons. The summed E-state index contributed by atoms with van der Waals surface area (Å²) in [4.78, 5) is 2.35. The molecule has 0 spiro atoms. The van der Waals surface area contributed by atoms with E-state index in [4.69, 9.17) is 0 Å². The average molecular weight is 208 g/mol. The van der Waals surface area contributed by atoms with E-state index in [1.54, 1.807) is 0 Å². The van der Waals surface area contributed by atoms with Gasteiger partial charge >= 0.3 is 0 Å². The number of aliphatic hydroxyl groups is 1. The quantitative estimate of drug-likeness (QED) is 0.748. The number of rotatable bonds is 2. The Hall–Kier alpha value is -0.590. The highest BCUT2D eigenvalue weighted by Gasteiger charge is 2.57. The molecule has 15 heavy (non-hydrogen) atoms. The molecule has 2 saturated heterocycles. The van der Waals surface area contributed by atoms with Crippen LogP contribution in [0.3, 0.4) is 0 Å². The van der Waals surface area contributed by atoms with Gasteiger partial charge in [0.2, 0.25) is 0 Å². The van der Waals surface area contributed by atoms with Gasteiger partial charge in [0.25, 0.3) is 0 Å². The van der Waals surface area contributed by atoms with Gasteiger partial charge in [-0.3, -0.25) is 4.90 Å². The molecule has 2 aliphatic heterocycles. The molecule has 2 fully saturated rings. The van der Waals surface area contributed by atoms with Crippen LogP contribution in [0.15, 0.2) is 0 Å². The number of fused-ring (bicyclic) bond motifs is 1. The van der Waals surface area contributed by atoms with E-state index in [1.807, 2.05) is 13.8 Å². The molecule has 2 rings (SSSR count). The van der Waals surface area contributed by atoms with Gasteiger partial charge in [-0.15, -0.1) is 0 Å². The number of hydrogen-bond donors (Lipinski definition) is 1. The third-order valence-corrected chi connectivity index (χ3v) is 4.60. The first-order valence-corrected chi connectivity index (χ1v) is 5.95. The second-order valence-corrected chi connectivity index (χ2v) is 5.17. The molecule has 0 aromatic carbocycles. The Morgan fingerprint density at radius 2 is 2.33 bits per heavy atom. The maximum absolute atomic E-state index is 10.8. The highest BCUT2D eigenvalue weighted by molar-refractivity contribution is 5.17. The molecular weight excluding hydrogens is 188 g/mol. The minimum Gasteiger partial charge on any atom is -0.387 e. The first-order chi connectivity index (χ1) is 7.07. The Kier molecular flexibility index (Phi) is 2.52. The van der Waals surface area contributed by atoms with E-state index in [-0.39, 0.29) is 6.04 Å². The lowest BCUT2D eigenvalue weighted by atomic mass is 9.68. The number of hydrogen-bond acceptors (Lipinski definition) is 3. The molecule has 3 heteroatoms. The van der Waals surface area contributed by atoms with Crippen molar-refractivity contribution in [1.29, 1.82) is 5.26 Å². The normalized spacial score (nSPS) is 39.7. The van der Waals surface area contributed by atoms with Crippen molar-refractivity contribution in [3.8, 4) is 6.07 Å². The Labute approximate surface area is 91.7 Å². The fraction of sp³-hybridized carbons (Fsp3) is 0.917. The number of nitrogens with zero attached hydrogens (tertiary/aromatic N) is 2. The lowest BCUT2D eigenvalue weighted by Crippen LogP contribution is -2.52. The third kappa shape index (κ3) is 1.32. The Morgan fingerprint density at radius 1 is 1.60 bits per heavy atom. The topological polar surface area (TPSA) is 47.3 Å². The molecule has 0 bridgehead atoms. The Bertz CT molecular complexity index is 298. The van der Waals surface area contributed by atoms with E-state index >= 15 is 0 Å². The SMILES string of the molecule is CCC(C)(C#N)C1(O)CCN2CCCC21. The summed E-state index contributed by atoms with van der Waals surface area (Å²) < 4.78 is 0. The van der Waals surface area contributed by atoms with Crippen LogP contribution in [0.25, 0.3) is 0 Å². The average Bonchev–Trinajstić information content (AvgIpc) is 2.82. The van der Waals surface area contributed by atoms with Crippen molar-refractivity contribution in [2.24, 2.45) is 5.41 Å². The van der Waals surface area contributed by atoms with Gasteiger partial charge in [0.15, 0.2) is 0 Å². The maximum Gasteiger partial charge on any atom is 0.0996 e. The van der Waals surface area contributed by atoms with Crippen LogP contribution in [0.1, 0.15) is 39.5 Å². The molecule has 3 atom stereocenters. The molecule has 1 N–H and O–H groups in total. The van der Waals surface area contributed by atoms with Gasteiger partial charge in [-0.25, -0.2) is 0 Å². The molecule has 0 saturated carbocycles. The minimum absolute atomic E-state index is 0.224. The lowest BCUT2D eigenvalue weighted by Gasteiger charge is -2.41. The zero-order valence-corrected chi connectivity index (χ0v) is 9.66. The van der Waals surface area contributed by atoms with Gasteiger partial charge in [-0.1, -0.05) is 6.92 Å². The van der Waals surface area contributed by atoms with Gasteiger partial charge in [-0.05, 0) is 39.2 Å². The zero-order chi connectivity index (χ0) is 11.1. The smallest absolute Gasteiger partial charge is 0.0996 e. The van der Waals surface area contributed by atoms with Gasteiger partial charge in [-0.2, -0.15) is 5.26 Å². The zero-order valence-electron chi connectivity index (χ0n) is 9.66. The fourth-order valence-corrected chi connectivity index (χ4v) is 3.24. The standard InChI is InChI=1S/C12H20N2O/c1-3-11(2,9-13)12(15)6-8-14-7-4-5-10(12)14/h10,15H,3-8H2,1-2H3. The third-order valence-electron chi connectivity index (χ3n) is 4.60. The summed E-state index contributed by atoms with van der Waals surface area (Å²) in [6, 6.07) is 2.57. The van der Waals surface area contributed by atoms with Crippen LogP contribution in [-0.4, -0.2) is 34.7 Å². The van der Waals surface area contributed by atoms with Crippen LogP contribution in [0, 0.1) is 16.7 Å². The molecule has 0 amide bonds. The van der Waals surface area contributed by atoms with Gasteiger partial charge < -0.3 is 5.11 Å². The van der Waals surface area contributed by atoms with E-state index in [1.165, 1.54) is 0 Å². The van der Waals surface area contributed by atoms with E-state index in [0.29, 0.717) is 0 Å². The predicted molar refractivity (Wildman–Crippen MR) is 58.2 cm³/mol. The molecule has 2 heterocycles. The molecule has 3 unspecified atom stereocenters. The first kappa shape index (κ1) is 10.9. The minimum atomic E-state index is -0.785. The molecule has 0 aliphatic carbocycles. The molecular formula is C12H20N2O. The van der Waals surface area contributed by atoms with Gasteiger partial charge in [0.05, 0.1) is 17.1 Å². The molecule has 0 aromatic rings. The van der Waals surface area contributed by atoms with Crippen LogP contribution in [-0.2, 0) is 0 Å². The maximum atomic E-state index is 10.8. The molecule has 2 aliphatic rings. The van der Waals surface area contributed by atoms with Crippen LogP contribution in [0.2, 0.25) is 0 Å². The predicted octanol–water partition coefficient (Wildman–Crippen LogP) is 1.53. The molecule has 0 aromatic heterocycles. The Balaban J connectivity index is 2.30. The van der Waals surface area contributed by atoms with Crippen molar-refractivity contribution in [2.75, 3.05) is 13.1 Å².